The monoisotopic (exact) mass is 412 g/mol. The number of halogens is 3. The number of rotatable bonds is 5. The molecule has 30 heavy (non-hydrogen) atoms. The topological polar surface area (TPSA) is 59.8 Å². The summed E-state index contributed by atoms with van der Waals surface area (Å²) in [6, 6.07) is 13.6. The molecule has 8 heteroatoms. The molecular formula is C22H19F3N4O. The molecule has 1 N–H and O–H groups in total. The first-order valence-corrected chi connectivity index (χ1v) is 9.51. The number of para-hydroxylation sites is 3. The summed E-state index contributed by atoms with van der Waals surface area (Å²) in [6.45, 7) is 2.72. The molecule has 1 amide bonds. The Morgan fingerprint density at radius 3 is 2.53 bits per heavy atom. The Bertz CT molecular complexity index is 1230. The molecule has 0 spiro atoms. The van der Waals surface area contributed by atoms with Crippen LogP contribution in [0.3, 0.4) is 0 Å². The number of alkyl halides is 3. The van der Waals surface area contributed by atoms with Crippen molar-refractivity contribution in [3.8, 4) is 0 Å². The van der Waals surface area contributed by atoms with E-state index in [0.29, 0.717) is 13.0 Å². The van der Waals surface area contributed by atoms with Gasteiger partial charge in [0.15, 0.2) is 0 Å². The molecule has 0 aliphatic heterocycles. The molecule has 0 aliphatic rings. The lowest BCUT2D eigenvalue weighted by Gasteiger charge is -2.15. The van der Waals surface area contributed by atoms with Crippen molar-refractivity contribution in [1.29, 1.82) is 0 Å². The third kappa shape index (κ3) is 3.72. The number of nitrogens with one attached hydrogen (secondary N) is 1. The van der Waals surface area contributed by atoms with E-state index in [-0.39, 0.29) is 17.4 Å². The highest BCUT2D eigenvalue weighted by atomic mass is 19.4. The number of pyridine rings is 1. The molecule has 2 aromatic carbocycles. The Labute approximate surface area is 170 Å². The van der Waals surface area contributed by atoms with Gasteiger partial charge < -0.3 is 9.88 Å². The number of fused-ring (bicyclic) bond motifs is 2. The summed E-state index contributed by atoms with van der Waals surface area (Å²) in [5.41, 5.74) is 0.645. The third-order valence-electron chi connectivity index (χ3n) is 4.99. The van der Waals surface area contributed by atoms with Gasteiger partial charge in [-0.25, -0.2) is 4.98 Å². The van der Waals surface area contributed by atoms with Crippen LogP contribution < -0.4 is 5.32 Å². The van der Waals surface area contributed by atoms with E-state index in [2.05, 4.69) is 15.3 Å². The van der Waals surface area contributed by atoms with E-state index in [0.717, 1.165) is 23.1 Å². The molecule has 4 aromatic rings. The first kappa shape index (κ1) is 19.9. The highest BCUT2D eigenvalue weighted by Gasteiger charge is 2.37. The Kier molecular flexibility index (Phi) is 5.15. The molecule has 0 saturated carbocycles. The van der Waals surface area contributed by atoms with Crippen LogP contribution >= 0.6 is 0 Å². The summed E-state index contributed by atoms with van der Waals surface area (Å²) in [7, 11) is 0. The van der Waals surface area contributed by atoms with Gasteiger partial charge in [0.1, 0.15) is 5.82 Å². The minimum atomic E-state index is -4.66. The van der Waals surface area contributed by atoms with E-state index in [1.807, 2.05) is 35.8 Å². The number of amides is 1. The SMILES string of the molecule is Cc1nc2ccccc2n1CCCNC(=O)c1cnc2ccccc2c1C(F)(F)F. The Morgan fingerprint density at radius 1 is 1.07 bits per heavy atom. The van der Waals surface area contributed by atoms with E-state index < -0.39 is 23.2 Å². The van der Waals surface area contributed by atoms with Crippen LogP contribution in [-0.2, 0) is 12.7 Å². The first-order valence-electron chi connectivity index (χ1n) is 9.51. The molecular weight excluding hydrogens is 393 g/mol. The molecule has 5 nitrogen and oxygen atoms in total. The van der Waals surface area contributed by atoms with Crippen molar-refractivity contribution >= 4 is 27.8 Å². The predicted molar refractivity (Wildman–Crippen MR) is 108 cm³/mol. The normalized spacial score (nSPS) is 11.9. The number of carbonyl (C=O) groups is 1. The number of aryl methyl sites for hydroxylation is 2. The van der Waals surface area contributed by atoms with Crippen LogP contribution in [0.4, 0.5) is 13.2 Å². The number of imidazole rings is 1. The Hall–Kier alpha value is -3.42. The fourth-order valence-electron chi connectivity index (χ4n) is 3.63. The molecule has 154 valence electrons. The van der Waals surface area contributed by atoms with E-state index in [4.69, 9.17) is 0 Å². The highest BCUT2D eigenvalue weighted by Crippen LogP contribution is 2.36. The number of carbonyl (C=O) groups excluding carboxylic acids is 1. The number of hydrogen-bond donors (Lipinski definition) is 1. The third-order valence-corrected chi connectivity index (χ3v) is 4.99. The van der Waals surface area contributed by atoms with Crippen LogP contribution in [0.1, 0.15) is 28.2 Å². The zero-order chi connectivity index (χ0) is 21.3. The second kappa shape index (κ2) is 7.78. The van der Waals surface area contributed by atoms with Crippen LogP contribution in [0.25, 0.3) is 21.9 Å². The standard InChI is InChI=1S/C22H19F3N4O/c1-14-28-18-9-4-5-10-19(18)29(14)12-6-11-26-21(30)16-13-27-17-8-3-2-7-15(17)20(16)22(23,24)25/h2-5,7-10,13H,6,11-12H2,1H3,(H,26,30). The average Bonchev–Trinajstić information content (AvgIpc) is 3.04. The molecule has 4 rings (SSSR count). The van der Waals surface area contributed by atoms with Gasteiger partial charge in [0, 0.05) is 24.7 Å². The van der Waals surface area contributed by atoms with Crippen molar-refractivity contribution in [2.24, 2.45) is 0 Å². The molecule has 2 heterocycles. The number of aromatic nitrogens is 3. The van der Waals surface area contributed by atoms with E-state index in [1.165, 1.54) is 18.2 Å². The smallest absolute Gasteiger partial charge is 0.352 e. The van der Waals surface area contributed by atoms with Crippen LogP contribution in [0.5, 0.6) is 0 Å². The lowest BCUT2D eigenvalue weighted by molar-refractivity contribution is -0.136. The van der Waals surface area contributed by atoms with Crippen molar-refractivity contribution in [2.45, 2.75) is 26.1 Å². The lowest BCUT2D eigenvalue weighted by Crippen LogP contribution is -2.28. The summed E-state index contributed by atoms with van der Waals surface area (Å²) >= 11 is 0. The number of nitrogens with zero attached hydrogens (tertiary/aromatic N) is 3. The van der Waals surface area contributed by atoms with E-state index in [1.54, 1.807) is 6.07 Å². The number of benzene rings is 2. The maximum atomic E-state index is 13.7. The zero-order valence-electron chi connectivity index (χ0n) is 16.2. The fraction of sp³-hybridized carbons (Fsp3) is 0.227. The van der Waals surface area contributed by atoms with Gasteiger partial charge in [-0.2, -0.15) is 13.2 Å². The molecule has 0 saturated heterocycles. The van der Waals surface area contributed by atoms with E-state index >= 15 is 0 Å². The quantitative estimate of drug-likeness (QED) is 0.482. The van der Waals surface area contributed by atoms with Gasteiger partial charge in [-0.05, 0) is 31.5 Å². The minimum absolute atomic E-state index is 0.0850. The van der Waals surface area contributed by atoms with Crippen molar-refractivity contribution in [2.75, 3.05) is 6.54 Å². The van der Waals surface area contributed by atoms with Crippen molar-refractivity contribution in [1.82, 2.24) is 19.9 Å². The molecule has 0 unspecified atom stereocenters. The zero-order valence-corrected chi connectivity index (χ0v) is 16.2. The van der Waals surface area contributed by atoms with Gasteiger partial charge >= 0.3 is 6.18 Å². The second-order valence-electron chi connectivity index (χ2n) is 6.97. The van der Waals surface area contributed by atoms with Gasteiger partial charge in [-0.3, -0.25) is 9.78 Å². The van der Waals surface area contributed by atoms with Gasteiger partial charge in [0.25, 0.3) is 5.91 Å². The van der Waals surface area contributed by atoms with Crippen molar-refractivity contribution in [3.63, 3.8) is 0 Å². The minimum Gasteiger partial charge on any atom is -0.352 e. The molecule has 0 radical (unpaired) electrons. The molecule has 0 aliphatic carbocycles. The van der Waals surface area contributed by atoms with Gasteiger partial charge in [0.2, 0.25) is 0 Å². The molecule has 0 atom stereocenters. The van der Waals surface area contributed by atoms with Gasteiger partial charge in [-0.15, -0.1) is 0 Å². The maximum absolute atomic E-state index is 13.7. The Balaban J connectivity index is 1.49. The Morgan fingerprint density at radius 2 is 1.77 bits per heavy atom. The van der Waals surface area contributed by atoms with Gasteiger partial charge in [-0.1, -0.05) is 30.3 Å². The first-order chi connectivity index (χ1) is 14.4. The van der Waals surface area contributed by atoms with Crippen molar-refractivity contribution < 1.29 is 18.0 Å². The predicted octanol–water partition coefficient (Wildman–Crippen LogP) is 4.73. The summed E-state index contributed by atoms with van der Waals surface area (Å²) in [5, 5.41) is 2.51. The highest BCUT2D eigenvalue weighted by molar-refractivity contribution is 6.00. The van der Waals surface area contributed by atoms with Crippen LogP contribution in [0.15, 0.2) is 54.7 Å². The molecule has 2 aromatic heterocycles. The molecule has 0 bridgehead atoms. The number of hydrogen-bond acceptors (Lipinski definition) is 3. The van der Waals surface area contributed by atoms with E-state index in [9.17, 15) is 18.0 Å². The van der Waals surface area contributed by atoms with Crippen LogP contribution in [-0.4, -0.2) is 27.0 Å². The lowest BCUT2D eigenvalue weighted by atomic mass is 10.0. The van der Waals surface area contributed by atoms with Gasteiger partial charge in [0.05, 0.1) is 27.7 Å². The maximum Gasteiger partial charge on any atom is 0.417 e. The summed E-state index contributed by atoms with van der Waals surface area (Å²) < 4.78 is 43.1. The fourth-order valence-corrected chi connectivity index (χ4v) is 3.63. The summed E-state index contributed by atoms with van der Waals surface area (Å²) in [6.07, 6.45) is -3.12. The second-order valence-corrected chi connectivity index (χ2v) is 6.97. The van der Waals surface area contributed by atoms with Crippen molar-refractivity contribution in [3.05, 3.63) is 71.7 Å². The summed E-state index contributed by atoms with van der Waals surface area (Å²) in [4.78, 5) is 21.0. The average molecular weight is 412 g/mol. The van der Waals surface area contributed by atoms with Crippen LogP contribution in [0.2, 0.25) is 0 Å². The largest absolute Gasteiger partial charge is 0.417 e. The van der Waals surface area contributed by atoms with Crippen LogP contribution in [0, 0.1) is 6.92 Å². The summed E-state index contributed by atoms with van der Waals surface area (Å²) in [5.74, 6) is 0.0633. The molecule has 0 fully saturated rings.